The lowest BCUT2D eigenvalue weighted by molar-refractivity contribution is -0.116. The SMILES string of the molecule is NC(=S)Cc1ccc(NC(=O)CCCc2cccs2)cc1. The van der Waals surface area contributed by atoms with Gasteiger partial charge in [0.25, 0.3) is 0 Å². The molecule has 0 spiro atoms. The van der Waals surface area contributed by atoms with Gasteiger partial charge in [-0.1, -0.05) is 30.4 Å². The number of anilines is 1. The molecule has 1 aromatic heterocycles. The van der Waals surface area contributed by atoms with Gasteiger partial charge >= 0.3 is 0 Å². The van der Waals surface area contributed by atoms with Gasteiger partial charge in [-0.2, -0.15) is 0 Å². The van der Waals surface area contributed by atoms with E-state index < -0.39 is 0 Å². The zero-order chi connectivity index (χ0) is 15.1. The number of hydrogen-bond donors (Lipinski definition) is 2. The highest BCUT2D eigenvalue weighted by molar-refractivity contribution is 7.80. The van der Waals surface area contributed by atoms with Gasteiger partial charge < -0.3 is 11.1 Å². The molecule has 1 aromatic carbocycles. The molecule has 1 amide bonds. The van der Waals surface area contributed by atoms with E-state index in [0.717, 1.165) is 24.1 Å². The van der Waals surface area contributed by atoms with Gasteiger partial charge in [-0.15, -0.1) is 11.3 Å². The average Bonchev–Trinajstić information content (AvgIpc) is 2.93. The number of benzene rings is 1. The van der Waals surface area contributed by atoms with Crippen LogP contribution in [0.1, 0.15) is 23.3 Å². The van der Waals surface area contributed by atoms with Crippen molar-refractivity contribution >= 4 is 40.1 Å². The quantitative estimate of drug-likeness (QED) is 0.768. The van der Waals surface area contributed by atoms with E-state index in [0.29, 0.717) is 17.8 Å². The molecular formula is C16H18N2OS2. The molecule has 2 aromatic rings. The fourth-order valence-electron chi connectivity index (χ4n) is 2.01. The predicted molar refractivity (Wildman–Crippen MR) is 92.8 cm³/mol. The standard InChI is InChI=1S/C16H18N2OS2/c17-15(20)11-12-6-8-13(9-7-12)18-16(19)5-1-3-14-4-2-10-21-14/h2,4,6-10H,1,3,5,11H2,(H2,17,20)(H,18,19). The maximum atomic E-state index is 11.9. The smallest absolute Gasteiger partial charge is 0.224 e. The van der Waals surface area contributed by atoms with E-state index >= 15 is 0 Å². The topological polar surface area (TPSA) is 55.1 Å². The monoisotopic (exact) mass is 318 g/mol. The van der Waals surface area contributed by atoms with Crippen LogP contribution >= 0.6 is 23.6 Å². The molecule has 3 N–H and O–H groups in total. The summed E-state index contributed by atoms with van der Waals surface area (Å²) < 4.78 is 0. The van der Waals surface area contributed by atoms with Crippen LogP contribution in [-0.2, 0) is 17.6 Å². The molecule has 0 bridgehead atoms. The molecule has 2 rings (SSSR count). The van der Waals surface area contributed by atoms with Crippen molar-refractivity contribution in [3.8, 4) is 0 Å². The summed E-state index contributed by atoms with van der Waals surface area (Å²) in [5.41, 5.74) is 7.36. The molecule has 0 aliphatic heterocycles. The van der Waals surface area contributed by atoms with E-state index in [9.17, 15) is 4.79 Å². The summed E-state index contributed by atoms with van der Waals surface area (Å²) in [5, 5.41) is 4.96. The number of hydrogen-bond acceptors (Lipinski definition) is 3. The Balaban J connectivity index is 1.75. The number of amides is 1. The molecule has 0 atom stereocenters. The zero-order valence-electron chi connectivity index (χ0n) is 11.7. The summed E-state index contributed by atoms with van der Waals surface area (Å²) in [6.07, 6.45) is 2.95. The Hall–Kier alpha value is -1.72. The minimum atomic E-state index is 0.0497. The Kier molecular flexibility index (Phi) is 5.90. The van der Waals surface area contributed by atoms with Crippen molar-refractivity contribution in [1.82, 2.24) is 0 Å². The number of aryl methyl sites for hydroxylation is 1. The molecule has 5 heteroatoms. The summed E-state index contributed by atoms with van der Waals surface area (Å²) in [5.74, 6) is 0.0497. The van der Waals surface area contributed by atoms with Crippen molar-refractivity contribution in [2.75, 3.05) is 5.32 Å². The number of nitrogens with one attached hydrogen (secondary N) is 1. The Morgan fingerprint density at radius 1 is 1.24 bits per heavy atom. The first-order valence-electron chi connectivity index (χ1n) is 6.83. The minimum Gasteiger partial charge on any atom is -0.393 e. The van der Waals surface area contributed by atoms with Crippen LogP contribution in [0.5, 0.6) is 0 Å². The van der Waals surface area contributed by atoms with E-state index in [-0.39, 0.29) is 5.91 Å². The number of thiophene rings is 1. The van der Waals surface area contributed by atoms with Gasteiger partial charge in [-0.25, -0.2) is 0 Å². The Morgan fingerprint density at radius 3 is 2.62 bits per heavy atom. The molecule has 110 valence electrons. The average molecular weight is 318 g/mol. The van der Waals surface area contributed by atoms with E-state index in [1.807, 2.05) is 30.3 Å². The number of carbonyl (C=O) groups is 1. The van der Waals surface area contributed by atoms with Gasteiger partial charge in [0.2, 0.25) is 5.91 Å². The second-order valence-electron chi connectivity index (χ2n) is 4.82. The molecule has 21 heavy (non-hydrogen) atoms. The molecule has 3 nitrogen and oxygen atoms in total. The van der Waals surface area contributed by atoms with Crippen molar-refractivity contribution < 1.29 is 4.79 Å². The number of rotatable bonds is 7. The summed E-state index contributed by atoms with van der Waals surface area (Å²) in [6.45, 7) is 0. The highest BCUT2D eigenvalue weighted by atomic mass is 32.1. The number of nitrogens with two attached hydrogens (primary N) is 1. The first kappa shape index (κ1) is 15.7. The fraction of sp³-hybridized carbons (Fsp3) is 0.250. The zero-order valence-corrected chi connectivity index (χ0v) is 13.3. The minimum absolute atomic E-state index is 0.0497. The summed E-state index contributed by atoms with van der Waals surface area (Å²) in [4.78, 5) is 13.7. The largest absolute Gasteiger partial charge is 0.393 e. The second-order valence-corrected chi connectivity index (χ2v) is 6.38. The Morgan fingerprint density at radius 2 is 2.00 bits per heavy atom. The number of thiocarbonyl (C=S) groups is 1. The first-order chi connectivity index (χ1) is 10.1. The van der Waals surface area contributed by atoms with Crippen molar-refractivity contribution in [3.05, 3.63) is 52.2 Å². The Labute approximate surface area is 134 Å². The highest BCUT2D eigenvalue weighted by Crippen LogP contribution is 2.14. The number of carbonyl (C=O) groups excluding carboxylic acids is 1. The van der Waals surface area contributed by atoms with Gasteiger partial charge in [0.15, 0.2) is 0 Å². The van der Waals surface area contributed by atoms with Crippen LogP contribution in [0.2, 0.25) is 0 Å². The van der Waals surface area contributed by atoms with Crippen LogP contribution in [0.3, 0.4) is 0 Å². The van der Waals surface area contributed by atoms with Crippen LogP contribution in [-0.4, -0.2) is 10.9 Å². The highest BCUT2D eigenvalue weighted by Gasteiger charge is 2.03. The summed E-state index contributed by atoms with van der Waals surface area (Å²) >= 11 is 6.60. The van der Waals surface area contributed by atoms with Crippen LogP contribution in [0.15, 0.2) is 41.8 Å². The summed E-state index contributed by atoms with van der Waals surface area (Å²) in [7, 11) is 0. The van der Waals surface area contributed by atoms with Crippen LogP contribution in [0, 0.1) is 0 Å². The molecular weight excluding hydrogens is 300 g/mol. The van der Waals surface area contributed by atoms with Gasteiger partial charge in [-0.3, -0.25) is 4.79 Å². The molecule has 1 heterocycles. The van der Waals surface area contributed by atoms with E-state index in [4.69, 9.17) is 18.0 Å². The van der Waals surface area contributed by atoms with Gasteiger partial charge in [0.1, 0.15) is 0 Å². The maximum Gasteiger partial charge on any atom is 0.224 e. The molecule has 0 radical (unpaired) electrons. The third-order valence-corrected chi connectivity index (χ3v) is 4.10. The van der Waals surface area contributed by atoms with Crippen molar-refractivity contribution in [1.29, 1.82) is 0 Å². The van der Waals surface area contributed by atoms with E-state index in [1.54, 1.807) is 11.3 Å². The molecule has 0 saturated carbocycles. The predicted octanol–water partition coefficient (Wildman–Crippen LogP) is 3.54. The van der Waals surface area contributed by atoms with Gasteiger partial charge in [-0.05, 0) is 42.0 Å². The molecule has 0 aliphatic rings. The lowest BCUT2D eigenvalue weighted by Crippen LogP contribution is -2.12. The first-order valence-corrected chi connectivity index (χ1v) is 8.12. The van der Waals surface area contributed by atoms with Crippen LogP contribution < -0.4 is 11.1 Å². The van der Waals surface area contributed by atoms with E-state index in [1.165, 1.54) is 4.88 Å². The molecule has 0 fully saturated rings. The Bertz CT molecular complexity index is 591. The van der Waals surface area contributed by atoms with Crippen molar-refractivity contribution in [2.24, 2.45) is 5.73 Å². The third-order valence-electron chi connectivity index (χ3n) is 3.02. The lowest BCUT2D eigenvalue weighted by atomic mass is 10.1. The molecule has 0 saturated heterocycles. The van der Waals surface area contributed by atoms with Gasteiger partial charge in [0.05, 0.1) is 4.99 Å². The van der Waals surface area contributed by atoms with Crippen molar-refractivity contribution in [2.45, 2.75) is 25.7 Å². The third kappa shape index (κ3) is 5.65. The lowest BCUT2D eigenvalue weighted by Gasteiger charge is -2.06. The van der Waals surface area contributed by atoms with Crippen LogP contribution in [0.4, 0.5) is 5.69 Å². The maximum absolute atomic E-state index is 11.9. The normalized spacial score (nSPS) is 10.3. The fourth-order valence-corrected chi connectivity index (χ4v) is 2.93. The molecule has 0 aliphatic carbocycles. The summed E-state index contributed by atoms with van der Waals surface area (Å²) in [6, 6.07) is 11.8. The molecule has 0 unspecified atom stereocenters. The van der Waals surface area contributed by atoms with Gasteiger partial charge in [0, 0.05) is 23.4 Å². The second kappa shape index (κ2) is 7.90. The van der Waals surface area contributed by atoms with Crippen LogP contribution in [0.25, 0.3) is 0 Å². The van der Waals surface area contributed by atoms with Crippen molar-refractivity contribution in [3.63, 3.8) is 0 Å². The van der Waals surface area contributed by atoms with E-state index in [2.05, 4.69) is 16.8 Å².